The summed E-state index contributed by atoms with van der Waals surface area (Å²) in [4.78, 5) is 9.51. The van der Waals surface area contributed by atoms with Gasteiger partial charge in [-0.25, -0.2) is 0 Å². The van der Waals surface area contributed by atoms with Crippen LogP contribution in [0.1, 0.15) is 12.8 Å². The van der Waals surface area contributed by atoms with E-state index in [4.69, 9.17) is 4.74 Å². The summed E-state index contributed by atoms with van der Waals surface area (Å²) in [7, 11) is 0. The van der Waals surface area contributed by atoms with Gasteiger partial charge in [-0.2, -0.15) is 0 Å². The molecule has 0 spiro atoms. The summed E-state index contributed by atoms with van der Waals surface area (Å²) in [5.74, 6) is 0.342. The summed E-state index contributed by atoms with van der Waals surface area (Å²) in [5, 5.41) is 9.93. The van der Waals surface area contributed by atoms with Gasteiger partial charge in [-0.1, -0.05) is 0 Å². The molecule has 0 aromatic heterocycles. The molecule has 1 rings (SSSR count). The molecule has 62 valence electrons. The Kier molecular flexibility index (Phi) is 3.04. The van der Waals surface area contributed by atoms with E-state index in [0.29, 0.717) is 5.92 Å². The van der Waals surface area contributed by atoms with Crippen LogP contribution in [0.4, 0.5) is 0 Å². The molecular formula is C7H11NO3. The van der Waals surface area contributed by atoms with E-state index in [9.17, 15) is 10.1 Å². The highest BCUT2D eigenvalue weighted by Gasteiger charge is 2.10. The number of nitro groups is 1. The van der Waals surface area contributed by atoms with Gasteiger partial charge in [0.15, 0.2) is 0 Å². The van der Waals surface area contributed by atoms with E-state index in [1.54, 1.807) is 6.08 Å². The Labute approximate surface area is 65.0 Å². The van der Waals surface area contributed by atoms with Gasteiger partial charge in [0.05, 0.1) is 4.92 Å². The van der Waals surface area contributed by atoms with E-state index in [1.807, 2.05) is 0 Å². The van der Waals surface area contributed by atoms with Crippen LogP contribution in [0.15, 0.2) is 12.3 Å². The first-order valence-electron chi connectivity index (χ1n) is 3.68. The summed E-state index contributed by atoms with van der Waals surface area (Å²) in [5.41, 5.74) is 0. The Morgan fingerprint density at radius 2 is 2.09 bits per heavy atom. The average Bonchev–Trinajstić information content (AvgIpc) is 2.03. The van der Waals surface area contributed by atoms with Crippen molar-refractivity contribution in [1.29, 1.82) is 0 Å². The first kappa shape index (κ1) is 8.20. The Morgan fingerprint density at radius 3 is 2.64 bits per heavy atom. The normalized spacial score (nSPS) is 20.7. The third kappa shape index (κ3) is 3.13. The van der Waals surface area contributed by atoms with E-state index in [0.717, 1.165) is 32.3 Å². The zero-order valence-electron chi connectivity index (χ0n) is 6.23. The zero-order valence-corrected chi connectivity index (χ0v) is 6.23. The smallest absolute Gasteiger partial charge is 0.230 e. The minimum atomic E-state index is -0.421. The van der Waals surface area contributed by atoms with Crippen molar-refractivity contribution >= 4 is 0 Å². The molecule has 0 unspecified atom stereocenters. The van der Waals surface area contributed by atoms with Gasteiger partial charge >= 0.3 is 0 Å². The first-order valence-corrected chi connectivity index (χ1v) is 3.68. The second-order valence-corrected chi connectivity index (χ2v) is 2.58. The van der Waals surface area contributed by atoms with Crippen molar-refractivity contribution in [2.24, 2.45) is 5.92 Å². The summed E-state index contributed by atoms with van der Waals surface area (Å²) < 4.78 is 5.10. The van der Waals surface area contributed by atoms with Crippen LogP contribution in [0.2, 0.25) is 0 Å². The number of hydrogen-bond acceptors (Lipinski definition) is 3. The molecule has 0 aromatic carbocycles. The maximum atomic E-state index is 9.93. The molecule has 0 radical (unpaired) electrons. The molecule has 0 amide bonds. The summed E-state index contributed by atoms with van der Waals surface area (Å²) in [6.45, 7) is 1.46. The van der Waals surface area contributed by atoms with Crippen molar-refractivity contribution in [2.45, 2.75) is 12.8 Å². The van der Waals surface area contributed by atoms with Crippen molar-refractivity contribution in [2.75, 3.05) is 13.2 Å². The van der Waals surface area contributed by atoms with Crippen LogP contribution in [0.25, 0.3) is 0 Å². The van der Waals surface area contributed by atoms with Gasteiger partial charge in [0.25, 0.3) is 0 Å². The van der Waals surface area contributed by atoms with Crippen molar-refractivity contribution in [3.63, 3.8) is 0 Å². The topological polar surface area (TPSA) is 52.4 Å². The fourth-order valence-corrected chi connectivity index (χ4v) is 1.10. The summed E-state index contributed by atoms with van der Waals surface area (Å²) in [6.07, 6.45) is 4.49. The van der Waals surface area contributed by atoms with Gasteiger partial charge in [-0.3, -0.25) is 10.1 Å². The van der Waals surface area contributed by atoms with Crippen LogP contribution in [0.5, 0.6) is 0 Å². The van der Waals surface area contributed by atoms with E-state index in [2.05, 4.69) is 0 Å². The maximum absolute atomic E-state index is 9.93. The van der Waals surface area contributed by atoms with Crippen LogP contribution < -0.4 is 0 Å². The Bertz CT molecular complexity index is 161. The lowest BCUT2D eigenvalue weighted by Gasteiger charge is -2.17. The van der Waals surface area contributed by atoms with Gasteiger partial charge in [0.2, 0.25) is 6.20 Å². The standard InChI is InChI=1S/C7H11NO3/c9-8(10)4-1-7-2-5-11-6-3-7/h1,4,7H,2-3,5-6H2/b4-1+. The fraction of sp³-hybridized carbons (Fsp3) is 0.714. The predicted octanol–water partition coefficient (Wildman–Crippen LogP) is 1.20. The second kappa shape index (κ2) is 4.08. The van der Waals surface area contributed by atoms with Crippen LogP contribution in [0.3, 0.4) is 0 Å². The third-order valence-corrected chi connectivity index (χ3v) is 1.75. The highest BCUT2D eigenvalue weighted by molar-refractivity contribution is 4.83. The molecule has 0 atom stereocenters. The second-order valence-electron chi connectivity index (χ2n) is 2.58. The van der Waals surface area contributed by atoms with Crippen LogP contribution in [-0.4, -0.2) is 18.1 Å². The molecule has 0 bridgehead atoms. The highest BCUT2D eigenvalue weighted by Crippen LogP contribution is 2.15. The van der Waals surface area contributed by atoms with Gasteiger partial charge in [-0.05, 0) is 24.8 Å². The Hall–Kier alpha value is -0.900. The van der Waals surface area contributed by atoms with Crippen molar-refractivity contribution in [3.05, 3.63) is 22.4 Å². The monoisotopic (exact) mass is 157 g/mol. The molecule has 0 N–H and O–H groups in total. The molecule has 1 saturated heterocycles. The van der Waals surface area contributed by atoms with Crippen LogP contribution in [0, 0.1) is 16.0 Å². The summed E-state index contributed by atoms with van der Waals surface area (Å²) >= 11 is 0. The zero-order chi connectivity index (χ0) is 8.10. The van der Waals surface area contributed by atoms with Gasteiger partial charge in [-0.15, -0.1) is 0 Å². The lowest BCUT2D eigenvalue weighted by atomic mass is 10.0. The lowest BCUT2D eigenvalue weighted by molar-refractivity contribution is -0.402. The van der Waals surface area contributed by atoms with Gasteiger partial charge in [0.1, 0.15) is 0 Å². The number of nitrogens with zero attached hydrogens (tertiary/aromatic N) is 1. The fourth-order valence-electron chi connectivity index (χ4n) is 1.10. The molecular weight excluding hydrogens is 146 g/mol. The van der Waals surface area contributed by atoms with Crippen molar-refractivity contribution in [3.8, 4) is 0 Å². The van der Waals surface area contributed by atoms with E-state index in [-0.39, 0.29) is 0 Å². The first-order chi connectivity index (χ1) is 5.29. The number of allylic oxidation sites excluding steroid dienone is 1. The molecule has 1 aliphatic rings. The molecule has 1 aliphatic heterocycles. The van der Waals surface area contributed by atoms with Crippen molar-refractivity contribution in [1.82, 2.24) is 0 Å². The molecule has 0 aromatic rings. The molecule has 1 fully saturated rings. The third-order valence-electron chi connectivity index (χ3n) is 1.75. The van der Waals surface area contributed by atoms with Crippen molar-refractivity contribution < 1.29 is 9.66 Å². The van der Waals surface area contributed by atoms with E-state index >= 15 is 0 Å². The molecule has 11 heavy (non-hydrogen) atoms. The highest BCUT2D eigenvalue weighted by atomic mass is 16.6. The quantitative estimate of drug-likeness (QED) is 0.447. The van der Waals surface area contributed by atoms with Crippen LogP contribution >= 0.6 is 0 Å². The van der Waals surface area contributed by atoms with E-state index < -0.39 is 4.92 Å². The molecule has 4 nitrogen and oxygen atoms in total. The minimum absolute atomic E-state index is 0.342. The molecule has 0 aliphatic carbocycles. The molecule has 4 heteroatoms. The van der Waals surface area contributed by atoms with Crippen LogP contribution in [-0.2, 0) is 4.74 Å². The minimum Gasteiger partial charge on any atom is -0.381 e. The number of rotatable bonds is 2. The number of ether oxygens (including phenoxy) is 1. The number of hydrogen-bond donors (Lipinski definition) is 0. The SMILES string of the molecule is O=[N+]([O-])/C=C/C1CCOCC1. The average molecular weight is 157 g/mol. The molecule has 0 saturated carbocycles. The summed E-state index contributed by atoms with van der Waals surface area (Å²) in [6, 6.07) is 0. The maximum Gasteiger partial charge on any atom is 0.230 e. The largest absolute Gasteiger partial charge is 0.381 e. The molecule has 1 heterocycles. The van der Waals surface area contributed by atoms with E-state index in [1.165, 1.54) is 0 Å². The Morgan fingerprint density at radius 1 is 1.45 bits per heavy atom. The van der Waals surface area contributed by atoms with Gasteiger partial charge < -0.3 is 4.74 Å². The van der Waals surface area contributed by atoms with Gasteiger partial charge in [0, 0.05) is 13.2 Å². The Balaban J connectivity index is 2.29. The lowest BCUT2D eigenvalue weighted by Crippen LogP contribution is -2.13. The predicted molar refractivity (Wildman–Crippen MR) is 39.7 cm³/mol.